The fourth-order valence-electron chi connectivity index (χ4n) is 2.62. The van der Waals surface area contributed by atoms with E-state index in [1.807, 2.05) is 0 Å². The van der Waals surface area contributed by atoms with Crippen LogP contribution in [0.1, 0.15) is 25.8 Å². The van der Waals surface area contributed by atoms with Crippen molar-refractivity contribution in [3.8, 4) is 5.75 Å². The van der Waals surface area contributed by atoms with E-state index in [9.17, 15) is 14.0 Å². The zero-order valence-electron chi connectivity index (χ0n) is 16.4. The van der Waals surface area contributed by atoms with Crippen molar-refractivity contribution in [2.75, 3.05) is 17.2 Å². The molecule has 3 aromatic rings. The van der Waals surface area contributed by atoms with Crippen LogP contribution in [0.2, 0.25) is 0 Å². The molecule has 0 saturated heterocycles. The van der Waals surface area contributed by atoms with Crippen molar-refractivity contribution in [3.63, 3.8) is 0 Å². The molecule has 0 aliphatic rings. The van der Waals surface area contributed by atoms with Gasteiger partial charge in [0.1, 0.15) is 18.7 Å². The lowest BCUT2D eigenvalue weighted by molar-refractivity contribution is -0.119. The highest BCUT2D eigenvalue weighted by atomic mass is 19.1. The van der Waals surface area contributed by atoms with E-state index in [4.69, 9.17) is 4.74 Å². The van der Waals surface area contributed by atoms with E-state index in [-0.39, 0.29) is 30.6 Å². The molecule has 0 bridgehead atoms. The Morgan fingerprint density at radius 2 is 1.80 bits per heavy atom. The third-order valence-corrected chi connectivity index (χ3v) is 4.29. The molecule has 0 radical (unpaired) electrons. The van der Waals surface area contributed by atoms with E-state index < -0.39 is 11.9 Å². The number of hydrogen-bond acceptors (Lipinski definition) is 5. The van der Waals surface area contributed by atoms with Gasteiger partial charge in [0.05, 0.1) is 6.61 Å². The Hall–Kier alpha value is -3.75. The van der Waals surface area contributed by atoms with Crippen molar-refractivity contribution in [3.05, 3.63) is 67.0 Å². The number of nitrogens with one attached hydrogen (secondary N) is 2. The largest absolute Gasteiger partial charge is 0.491 e. The fourth-order valence-corrected chi connectivity index (χ4v) is 2.62. The number of rotatable bonds is 9. The van der Waals surface area contributed by atoms with Gasteiger partial charge in [-0.15, -0.1) is 0 Å². The summed E-state index contributed by atoms with van der Waals surface area (Å²) >= 11 is 0. The number of para-hydroxylation sites is 1. The topological polar surface area (TPSA) is 98.1 Å². The van der Waals surface area contributed by atoms with Gasteiger partial charge in [-0.05, 0) is 49.7 Å². The molecule has 0 aliphatic carbocycles. The lowest BCUT2D eigenvalue weighted by atomic mass is 10.2. The first kappa shape index (κ1) is 21.0. The number of halogens is 1. The molecule has 0 aliphatic heterocycles. The monoisotopic (exact) mass is 411 g/mol. The number of carbonyl (C=O) groups is 2. The number of hydrogen-bond donors (Lipinski definition) is 2. The van der Waals surface area contributed by atoms with Crippen molar-refractivity contribution in [2.24, 2.45) is 0 Å². The molecule has 156 valence electrons. The summed E-state index contributed by atoms with van der Waals surface area (Å²) in [4.78, 5) is 28.1. The van der Waals surface area contributed by atoms with Crippen molar-refractivity contribution in [2.45, 2.75) is 25.8 Å². The number of amides is 2. The molecule has 3 rings (SSSR count). The van der Waals surface area contributed by atoms with Crippen LogP contribution in [0, 0.1) is 5.82 Å². The number of ether oxygens (including phenoxy) is 1. The standard InChI is InChI=1S/C21H22FN5O3/c1-15(27-14-23-13-24-27)21(29)26-17-10-8-16(9-11-17)25-20(28)7-4-12-30-19-6-3-2-5-18(19)22/h2-3,5-6,8-11,13-15H,4,7,12H2,1H3,(H,25,28)(H,26,29). The molecule has 8 nitrogen and oxygen atoms in total. The Morgan fingerprint density at radius 1 is 1.10 bits per heavy atom. The van der Waals surface area contributed by atoms with Crippen molar-refractivity contribution in [1.82, 2.24) is 14.8 Å². The maximum atomic E-state index is 13.5. The lowest BCUT2D eigenvalue weighted by Gasteiger charge is -2.12. The maximum absolute atomic E-state index is 13.5. The molecule has 2 N–H and O–H groups in total. The van der Waals surface area contributed by atoms with Crippen LogP contribution in [0.5, 0.6) is 5.75 Å². The van der Waals surface area contributed by atoms with Crippen molar-refractivity contribution >= 4 is 23.2 Å². The minimum absolute atomic E-state index is 0.175. The van der Waals surface area contributed by atoms with Crippen molar-refractivity contribution < 1.29 is 18.7 Å². The van der Waals surface area contributed by atoms with Crippen LogP contribution in [0.3, 0.4) is 0 Å². The number of aromatic nitrogens is 3. The Labute approximate surface area is 173 Å². The molecule has 1 atom stereocenters. The van der Waals surface area contributed by atoms with Gasteiger partial charge >= 0.3 is 0 Å². The van der Waals surface area contributed by atoms with Crippen LogP contribution in [-0.2, 0) is 9.59 Å². The first-order chi connectivity index (χ1) is 14.5. The van der Waals surface area contributed by atoms with E-state index in [1.165, 1.54) is 23.4 Å². The number of benzene rings is 2. The summed E-state index contributed by atoms with van der Waals surface area (Å²) in [6.07, 6.45) is 3.54. The molecule has 30 heavy (non-hydrogen) atoms. The predicted molar refractivity (Wildman–Crippen MR) is 110 cm³/mol. The Bertz CT molecular complexity index is 977. The predicted octanol–water partition coefficient (Wildman–Crippen LogP) is 3.41. The second kappa shape index (κ2) is 10.1. The Kier molecular flexibility index (Phi) is 7.09. The maximum Gasteiger partial charge on any atom is 0.249 e. The Balaban J connectivity index is 1.41. The van der Waals surface area contributed by atoms with Crippen LogP contribution in [-0.4, -0.2) is 33.2 Å². The normalized spacial score (nSPS) is 11.5. The third kappa shape index (κ3) is 5.87. The van der Waals surface area contributed by atoms with E-state index in [0.29, 0.717) is 17.8 Å². The van der Waals surface area contributed by atoms with Gasteiger partial charge in [0.15, 0.2) is 11.6 Å². The van der Waals surface area contributed by atoms with Gasteiger partial charge in [-0.25, -0.2) is 14.1 Å². The first-order valence-electron chi connectivity index (χ1n) is 9.45. The van der Waals surface area contributed by atoms with Gasteiger partial charge in [0.2, 0.25) is 11.8 Å². The minimum Gasteiger partial charge on any atom is -0.491 e. The summed E-state index contributed by atoms with van der Waals surface area (Å²) in [6, 6.07) is 12.4. The lowest BCUT2D eigenvalue weighted by Crippen LogP contribution is -2.24. The average Bonchev–Trinajstić information content (AvgIpc) is 3.28. The third-order valence-electron chi connectivity index (χ3n) is 4.29. The van der Waals surface area contributed by atoms with E-state index >= 15 is 0 Å². The number of anilines is 2. The molecule has 2 aromatic carbocycles. The molecule has 1 unspecified atom stereocenters. The van der Waals surface area contributed by atoms with Crippen LogP contribution < -0.4 is 15.4 Å². The van der Waals surface area contributed by atoms with Crippen LogP contribution >= 0.6 is 0 Å². The zero-order chi connectivity index (χ0) is 21.3. The minimum atomic E-state index is -0.501. The number of carbonyl (C=O) groups excluding carboxylic acids is 2. The van der Waals surface area contributed by atoms with Gasteiger partial charge in [-0.1, -0.05) is 12.1 Å². The summed E-state index contributed by atoms with van der Waals surface area (Å²) in [5.41, 5.74) is 1.21. The summed E-state index contributed by atoms with van der Waals surface area (Å²) in [5, 5.41) is 9.51. The van der Waals surface area contributed by atoms with Gasteiger partial charge in [0, 0.05) is 17.8 Å². The summed E-state index contributed by atoms with van der Waals surface area (Å²) < 4.78 is 20.2. The second-order valence-electron chi connectivity index (χ2n) is 6.55. The molecule has 1 aromatic heterocycles. The smallest absolute Gasteiger partial charge is 0.249 e. The second-order valence-corrected chi connectivity index (χ2v) is 6.55. The summed E-state index contributed by atoms with van der Waals surface area (Å²) in [6.45, 7) is 1.96. The molecule has 0 saturated carbocycles. The molecule has 0 spiro atoms. The first-order valence-corrected chi connectivity index (χ1v) is 9.45. The van der Waals surface area contributed by atoms with Gasteiger partial charge in [-0.3, -0.25) is 9.59 Å². The van der Waals surface area contributed by atoms with E-state index in [1.54, 1.807) is 49.4 Å². The molecular weight excluding hydrogens is 389 g/mol. The van der Waals surface area contributed by atoms with Crippen molar-refractivity contribution in [1.29, 1.82) is 0 Å². The van der Waals surface area contributed by atoms with Crippen LogP contribution in [0.15, 0.2) is 61.2 Å². The van der Waals surface area contributed by atoms with E-state index in [0.717, 1.165) is 0 Å². The van der Waals surface area contributed by atoms with Gasteiger partial charge in [0.25, 0.3) is 0 Å². The molecular formula is C21H22FN5O3. The summed E-state index contributed by atoms with van der Waals surface area (Å²) in [5.74, 6) is -0.658. The molecule has 2 amide bonds. The highest BCUT2D eigenvalue weighted by Gasteiger charge is 2.15. The fraction of sp³-hybridized carbons (Fsp3) is 0.238. The van der Waals surface area contributed by atoms with Gasteiger partial charge in [-0.2, -0.15) is 5.10 Å². The zero-order valence-corrected chi connectivity index (χ0v) is 16.4. The van der Waals surface area contributed by atoms with E-state index in [2.05, 4.69) is 20.7 Å². The molecule has 1 heterocycles. The highest BCUT2D eigenvalue weighted by molar-refractivity contribution is 5.94. The van der Waals surface area contributed by atoms with Crippen LogP contribution in [0.25, 0.3) is 0 Å². The molecule has 9 heteroatoms. The quantitative estimate of drug-likeness (QED) is 0.526. The summed E-state index contributed by atoms with van der Waals surface area (Å²) in [7, 11) is 0. The SMILES string of the molecule is CC(C(=O)Nc1ccc(NC(=O)CCCOc2ccccc2F)cc1)n1cncn1. The van der Waals surface area contributed by atoms with Crippen LogP contribution in [0.4, 0.5) is 15.8 Å². The molecule has 0 fully saturated rings. The highest BCUT2D eigenvalue weighted by Crippen LogP contribution is 2.17. The van der Waals surface area contributed by atoms with Gasteiger partial charge < -0.3 is 15.4 Å². The number of nitrogens with zero attached hydrogens (tertiary/aromatic N) is 3. The average molecular weight is 411 g/mol. The Morgan fingerprint density at radius 3 is 2.47 bits per heavy atom.